The molecule has 1 aromatic heterocycles. The summed E-state index contributed by atoms with van der Waals surface area (Å²) in [5, 5.41) is 8.88. The molecule has 0 aliphatic carbocycles. The van der Waals surface area contributed by atoms with E-state index in [1.165, 1.54) is 24.3 Å². The molecule has 0 amide bonds. The largest absolute Gasteiger partial charge is 0.478 e. The lowest BCUT2D eigenvalue weighted by atomic mass is 10.1. The average molecular weight is 247 g/mol. The van der Waals surface area contributed by atoms with E-state index in [0.29, 0.717) is 5.75 Å². The molecule has 0 bridgehead atoms. The molecule has 1 aromatic carbocycles. The van der Waals surface area contributed by atoms with E-state index in [2.05, 4.69) is 4.98 Å². The molecule has 5 heteroatoms. The summed E-state index contributed by atoms with van der Waals surface area (Å²) in [6.07, 6.45) is 1.03. The normalized spacial score (nSPS) is 10.1. The minimum atomic E-state index is -1.04. The van der Waals surface area contributed by atoms with Gasteiger partial charge >= 0.3 is 5.97 Å². The van der Waals surface area contributed by atoms with Crippen molar-refractivity contribution in [1.82, 2.24) is 4.98 Å². The molecule has 0 aliphatic heterocycles. The molecule has 4 nitrogen and oxygen atoms in total. The fourth-order valence-electron chi connectivity index (χ4n) is 1.38. The molecule has 1 heterocycles. The number of hydrogen-bond donors (Lipinski definition) is 1. The maximum absolute atomic E-state index is 12.7. The Morgan fingerprint density at radius 2 is 2.11 bits per heavy atom. The molecule has 18 heavy (non-hydrogen) atoms. The molecule has 0 unspecified atom stereocenters. The Bertz CT molecular complexity index is 581. The molecule has 0 radical (unpaired) electrons. The van der Waals surface area contributed by atoms with Crippen LogP contribution in [0, 0.1) is 12.7 Å². The highest BCUT2D eigenvalue weighted by Crippen LogP contribution is 2.24. The van der Waals surface area contributed by atoms with Crippen LogP contribution in [0.4, 0.5) is 4.39 Å². The summed E-state index contributed by atoms with van der Waals surface area (Å²) in [6.45, 7) is 1.78. The van der Waals surface area contributed by atoms with Crippen molar-refractivity contribution in [2.24, 2.45) is 0 Å². The maximum atomic E-state index is 12.7. The average Bonchev–Trinajstić information content (AvgIpc) is 2.34. The number of aromatic carboxylic acids is 1. The highest BCUT2D eigenvalue weighted by molar-refractivity contribution is 5.88. The van der Waals surface area contributed by atoms with E-state index in [9.17, 15) is 9.18 Å². The van der Waals surface area contributed by atoms with Gasteiger partial charge in [-0.2, -0.15) is 0 Å². The van der Waals surface area contributed by atoms with E-state index < -0.39 is 11.8 Å². The molecule has 0 spiro atoms. The minimum Gasteiger partial charge on any atom is -0.478 e. The van der Waals surface area contributed by atoms with Crippen LogP contribution in [0.3, 0.4) is 0 Å². The number of benzene rings is 1. The lowest BCUT2D eigenvalue weighted by Gasteiger charge is -2.08. The first-order chi connectivity index (χ1) is 8.56. The van der Waals surface area contributed by atoms with E-state index in [4.69, 9.17) is 9.84 Å². The van der Waals surface area contributed by atoms with Crippen LogP contribution < -0.4 is 4.74 Å². The number of aryl methyl sites for hydroxylation is 1. The standard InChI is InChI=1S/C13H10FNO3/c1-8-2-3-9(13(16)17)6-11(8)18-12-5-4-10(14)7-15-12/h2-7H,1H3,(H,16,17). The number of halogens is 1. The predicted octanol–water partition coefficient (Wildman–Crippen LogP) is 3.02. The zero-order chi connectivity index (χ0) is 13.1. The van der Waals surface area contributed by atoms with Crippen molar-refractivity contribution < 1.29 is 19.0 Å². The second-order valence-corrected chi connectivity index (χ2v) is 3.70. The summed E-state index contributed by atoms with van der Waals surface area (Å²) >= 11 is 0. The molecule has 0 atom stereocenters. The van der Waals surface area contributed by atoms with Gasteiger partial charge in [0, 0.05) is 6.07 Å². The Morgan fingerprint density at radius 3 is 2.72 bits per heavy atom. The summed E-state index contributed by atoms with van der Waals surface area (Å²) in [4.78, 5) is 14.6. The van der Waals surface area contributed by atoms with Crippen LogP contribution in [-0.2, 0) is 0 Å². The molecule has 1 N–H and O–H groups in total. The van der Waals surface area contributed by atoms with Crippen molar-refractivity contribution in [2.45, 2.75) is 6.92 Å². The lowest BCUT2D eigenvalue weighted by molar-refractivity contribution is 0.0696. The number of rotatable bonds is 3. The van der Waals surface area contributed by atoms with Crippen LogP contribution >= 0.6 is 0 Å². The highest BCUT2D eigenvalue weighted by atomic mass is 19.1. The zero-order valence-corrected chi connectivity index (χ0v) is 9.55. The van der Waals surface area contributed by atoms with E-state index in [-0.39, 0.29) is 11.4 Å². The minimum absolute atomic E-state index is 0.123. The number of aromatic nitrogens is 1. The Kier molecular flexibility index (Phi) is 3.23. The monoisotopic (exact) mass is 247 g/mol. The van der Waals surface area contributed by atoms with Crippen LogP contribution in [0.1, 0.15) is 15.9 Å². The first-order valence-electron chi connectivity index (χ1n) is 5.19. The summed E-state index contributed by atoms with van der Waals surface area (Å²) in [5.41, 5.74) is 0.892. The van der Waals surface area contributed by atoms with Crippen molar-refractivity contribution in [2.75, 3.05) is 0 Å². The fourth-order valence-corrected chi connectivity index (χ4v) is 1.38. The summed E-state index contributed by atoms with van der Waals surface area (Å²) in [5.74, 6) is -0.902. The molecule has 0 aliphatic rings. The second kappa shape index (κ2) is 4.83. The molecule has 0 fully saturated rings. The third-order valence-electron chi connectivity index (χ3n) is 2.35. The number of nitrogens with zero attached hydrogens (tertiary/aromatic N) is 1. The van der Waals surface area contributed by atoms with Crippen LogP contribution in [-0.4, -0.2) is 16.1 Å². The number of pyridine rings is 1. The Morgan fingerprint density at radius 1 is 1.33 bits per heavy atom. The van der Waals surface area contributed by atoms with E-state index >= 15 is 0 Å². The molecule has 2 aromatic rings. The first-order valence-corrected chi connectivity index (χ1v) is 5.19. The number of carbonyl (C=O) groups is 1. The van der Waals surface area contributed by atoms with Crippen molar-refractivity contribution >= 4 is 5.97 Å². The number of carboxylic acid groups (broad SMARTS) is 1. The van der Waals surface area contributed by atoms with Gasteiger partial charge in [-0.3, -0.25) is 0 Å². The summed E-state index contributed by atoms with van der Waals surface area (Å²) in [7, 11) is 0. The van der Waals surface area contributed by atoms with Gasteiger partial charge in [0.25, 0.3) is 0 Å². The second-order valence-electron chi connectivity index (χ2n) is 3.70. The Balaban J connectivity index is 2.30. The van der Waals surface area contributed by atoms with Gasteiger partial charge in [0.15, 0.2) is 0 Å². The quantitative estimate of drug-likeness (QED) is 0.905. The predicted molar refractivity (Wildman–Crippen MR) is 62.4 cm³/mol. The maximum Gasteiger partial charge on any atom is 0.335 e. The van der Waals surface area contributed by atoms with E-state index in [0.717, 1.165) is 11.8 Å². The fraction of sp³-hybridized carbons (Fsp3) is 0.0769. The van der Waals surface area contributed by atoms with Crippen LogP contribution in [0.2, 0.25) is 0 Å². The van der Waals surface area contributed by atoms with Crippen LogP contribution in [0.15, 0.2) is 36.5 Å². The summed E-state index contributed by atoms with van der Waals surface area (Å²) < 4.78 is 18.1. The van der Waals surface area contributed by atoms with Crippen molar-refractivity contribution in [3.63, 3.8) is 0 Å². The number of hydrogen-bond acceptors (Lipinski definition) is 3. The topological polar surface area (TPSA) is 59.4 Å². The highest BCUT2D eigenvalue weighted by Gasteiger charge is 2.08. The van der Waals surface area contributed by atoms with Crippen molar-refractivity contribution in [3.8, 4) is 11.6 Å². The van der Waals surface area contributed by atoms with E-state index in [1.807, 2.05) is 0 Å². The van der Waals surface area contributed by atoms with E-state index in [1.54, 1.807) is 13.0 Å². The molecular formula is C13H10FNO3. The van der Waals surface area contributed by atoms with Crippen LogP contribution in [0.25, 0.3) is 0 Å². The van der Waals surface area contributed by atoms with Gasteiger partial charge < -0.3 is 9.84 Å². The molecular weight excluding hydrogens is 237 g/mol. The van der Waals surface area contributed by atoms with Gasteiger partial charge in [-0.15, -0.1) is 0 Å². The van der Waals surface area contributed by atoms with Gasteiger partial charge in [0.2, 0.25) is 5.88 Å². The van der Waals surface area contributed by atoms with Gasteiger partial charge in [0.1, 0.15) is 11.6 Å². The number of carboxylic acids is 1. The SMILES string of the molecule is Cc1ccc(C(=O)O)cc1Oc1ccc(F)cn1. The Labute approximate surface area is 103 Å². The molecule has 0 saturated carbocycles. The van der Waals surface area contributed by atoms with Crippen molar-refractivity contribution in [1.29, 1.82) is 0 Å². The number of ether oxygens (including phenoxy) is 1. The first kappa shape index (κ1) is 12.0. The zero-order valence-electron chi connectivity index (χ0n) is 9.55. The lowest BCUT2D eigenvalue weighted by Crippen LogP contribution is -1.98. The van der Waals surface area contributed by atoms with Crippen molar-refractivity contribution in [3.05, 3.63) is 53.5 Å². The van der Waals surface area contributed by atoms with Gasteiger partial charge in [0.05, 0.1) is 11.8 Å². The third-order valence-corrected chi connectivity index (χ3v) is 2.35. The Hall–Kier alpha value is -2.43. The third kappa shape index (κ3) is 2.63. The van der Waals surface area contributed by atoms with Gasteiger partial charge in [-0.1, -0.05) is 6.07 Å². The van der Waals surface area contributed by atoms with Gasteiger partial charge in [-0.05, 0) is 30.7 Å². The molecule has 0 saturated heterocycles. The molecule has 92 valence electrons. The summed E-state index contributed by atoms with van der Waals surface area (Å²) in [6, 6.07) is 7.13. The van der Waals surface area contributed by atoms with Gasteiger partial charge in [-0.25, -0.2) is 14.2 Å². The van der Waals surface area contributed by atoms with Crippen LogP contribution in [0.5, 0.6) is 11.6 Å². The molecule has 2 rings (SSSR count). The smallest absolute Gasteiger partial charge is 0.335 e.